The number of aromatic nitrogens is 4. The minimum Gasteiger partial charge on any atom is -0.360 e. The van der Waals surface area contributed by atoms with Crippen LogP contribution in [0.2, 0.25) is 0 Å². The van der Waals surface area contributed by atoms with E-state index in [0.29, 0.717) is 50.0 Å². The fraction of sp³-hybridized carbons (Fsp3) is 0.412. The van der Waals surface area contributed by atoms with Gasteiger partial charge < -0.3 is 4.52 Å². The average Bonchev–Trinajstić information content (AvgIpc) is 3.29. The van der Waals surface area contributed by atoms with E-state index >= 15 is 0 Å². The van der Waals surface area contributed by atoms with Crippen molar-refractivity contribution < 1.29 is 12.9 Å². The molecule has 0 spiro atoms. The highest BCUT2D eigenvalue weighted by molar-refractivity contribution is 7.89. The highest BCUT2D eigenvalue weighted by Gasteiger charge is 2.33. The number of aryl methyl sites for hydroxylation is 2. The predicted octanol–water partition coefficient (Wildman–Crippen LogP) is 1.71. The van der Waals surface area contributed by atoms with Gasteiger partial charge in [-0.3, -0.25) is 4.90 Å². The molecule has 148 valence electrons. The first kappa shape index (κ1) is 19.1. The number of hydrogen-bond acceptors (Lipinski definition) is 9. The zero-order valence-corrected chi connectivity index (χ0v) is 17.2. The molecule has 1 aliphatic heterocycles. The molecule has 0 bridgehead atoms. The second-order valence-electron chi connectivity index (χ2n) is 6.55. The topological polar surface area (TPSA) is 105 Å². The Morgan fingerprint density at radius 2 is 1.86 bits per heavy atom. The lowest BCUT2D eigenvalue weighted by atomic mass is 10.3. The normalized spacial score (nSPS) is 16.5. The second-order valence-corrected chi connectivity index (χ2v) is 9.28. The first-order chi connectivity index (χ1) is 13.4. The van der Waals surface area contributed by atoms with Crippen LogP contribution in [0.1, 0.15) is 17.1 Å². The molecule has 0 saturated carbocycles. The van der Waals surface area contributed by atoms with Crippen LogP contribution in [-0.2, 0) is 16.6 Å². The van der Waals surface area contributed by atoms with Gasteiger partial charge in [0.05, 0.1) is 5.69 Å². The van der Waals surface area contributed by atoms with Gasteiger partial charge in [-0.15, -0.1) is 11.3 Å². The molecule has 1 fully saturated rings. The molecule has 0 unspecified atom stereocenters. The molecule has 9 nitrogen and oxygen atoms in total. The molecule has 0 atom stereocenters. The first-order valence-corrected chi connectivity index (χ1v) is 11.1. The monoisotopic (exact) mass is 420 g/mol. The summed E-state index contributed by atoms with van der Waals surface area (Å²) in [5.41, 5.74) is 1.34. The van der Waals surface area contributed by atoms with Crippen LogP contribution in [0.15, 0.2) is 33.3 Å². The molecular formula is C17H20N6O3S2. The molecule has 4 rings (SSSR count). The highest BCUT2D eigenvalue weighted by atomic mass is 32.2. The van der Waals surface area contributed by atoms with Crippen LogP contribution >= 0.6 is 11.3 Å². The molecule has 0 radical (unpaired) electrons. The smallest absolute Gasteiger partial charge is 0.248 e. The van der Waals surface area contributed by atoms with E-state index in [4.69, 9.17) is 4.52 Å². The van der Waals surface area contributed by atoms with E-state index in [1.807, 2.05) is 5.38 Å². The number of nitrogens with zero attached hydrogens (tertiary/aromatic N) is 6. The van der Waals surface area contributed by atoms with E-state index in [1.54, 1.807) is 32.3 Å². The van der Waals surface area contributed by atoms with Crippen LogP contribution in [0.4, 0.5) is 0 Å². The minimum atomic E-state index is -3.59. The Morgan fingerprint density at radius 3 is 2.50 bits per heavy atom. The number of sulfonamides is 1. The number of hydrogen-bond donors (Lipinski definition) is 0. The van der Waals surface area contributed by atoms with E-state index < -0.39 is 10.0 Å². The zero-order valence-electron chi connectivity index (χ0n) is 15.6. The van der Waals surface area contributed by atoms with Gasteiger partial charge >= 0.3 is 0 Å². The zero-order chi connectivity index (χ0) is 19.7. The van der Waals surface area contributed by atoms with Crippen molar-refractivity contribution in [3.63, 3.8) is 0 Å². The lowest BCUT2D eigenvalue weighted by Crippen LogP contribution is -2.48. The Balaban J connectivity index is 1.39. The Labute approximate surface area is 167 Å². The maximum atomic E-state index is 12.9. The number of piperazine rings is 1. The SMILES string of the molecule is Cc1noc(C)c1S(=O)(=O)N1CCN(Cc2csc(-c3ncccn3)n2)CC1. The van der Waals surface area contributed by atoms with E-state index in [9.17, 15) is 8.42 Å². The standard InChI is InChI=1S/C17H20N6O3S2/c1-12-15(13(2)26-21-12)28(24,25)23-8-6-22(7-9-23)10-14-11-27-17(20-14)16-18-4-3-5-19-16/h3-5,11H,6-10H2,1-2H3. The van der Waals surface area contributed by atoms with E-state index in [1.165, 1.54) is 15.6 Å². The minimum absolute atomic E-state index is 0.188. The molecule has 0 aliphatic carbocycles. The van der Waals surface area contributed by atoms with Crippen molar-refractivity contribution in [1.29, 1.82) is 0 Å². The van der Waals surface area contributed by atoms with E-state index in [2.05, 4.69) is 25.0 Å². The molecule has 3 aromatic rings. The third-order valence-corrected chi connectivity index (χ3v) is 7.62. The summed E-state index contributed by atoms with van der Waals surface area (Å²) in [6.07, 6.45) is 3.39. The Hall–Kier alpha value is -2.21. The second kappa shape index (κ2) is 7.66. The predicted molar refractivity (Wildman–Crippen MR) is 103 cm³/mol. The maximum Gasteiger partial charge on any atom is 0.248 e. The van der Waals surface area contributed by atoms with Crippen LogP contribution in [-0.4, -0.2) is 63.9 Å². The van der Waals surface area contributed by atoms with E-state index in [0.717, 1.165) is 10.7 Å². The van der Waals surface area contributed by atoms with Gasteiger partial charge in [-0.2, -0.15) is 4.31 Å². The molecular weight excluding hydrogens is 400 g/mol. The van der Waals surface area contributed by atoms with Crippen LogP contribution < -0.4 is 0 Å². The fourth-order valence-electron chi connectivity index (χ4n) is 3.22. The molecule has 0 N–H and O–H groups in total. The van der Waals surface area contributed by atoms with E-state index in [-0.39, 0.29) is 4.90 Å². The van der Waals surface area contributed by atoms with Crippen LogP contribution in [0.3, 0.4) is 0 Å². The Bertz CT molecular complexity index is 1040. The van der Waals surface area contributed by atoms with Crippen molar-refractivity contribution in [2.45, 2.75) is 25.3 Å². The summed E-state index contributed by atoms with van der Waals surface area (Å²) < 4.78 is 32.3. The van der Waals surface area contributed by atoms with Crippen molar-refractivity contribution >= 4 is 21.4 Å². The molecule has 1 saturated heterocycles. The molecule has 0 amide bonds. The van der Waals surface area contributed by atoms with Gasteiger partial charge in [-0.1, -0.05) is 5.16 Å². The Kier molecular flexibility index (Phi) is 5.23. The third-order valence-electron chi connectivity index (χ3n) is 4.59. The van der Waals surface area contributed by atoms with Gasteiger partial charge in [-0.05, 0) is 19.9 Å². The van der Waals surface area contributed by atoms with Crippen molar-refractivity contribution in [2.24, 2.45) is 0 Å². The summed E-state index contributed by atoms with van der Waals surface area (Å²) in [5.74, 6) is 0.951. The van der Waals surface area contributed by atoms with Crippen LogP contribution in [0.5, 0.6) is 0 Å². The maximum absolute atomic E-state index is 12.9. The van der Waals surface area contributed by atoms with Gasteiger partial charge in [0.2, 0.25) is 10.0 Å². The summed E-state index contributed by atoms with van der Waals surface area (Å²) in [7, 11) is -3.59. The van der Waals surface area contributed by atoms with Gasteiger partial charge in [0.25, 0.3) is 0 Å². The average molecular weight is 421 g/mol. The summed E-state index contributed by atoms with van der Waals surface area (Å²) in [6.45, 7) is 6.06. The van der Waals surface area contributed by atoms with Crippen LogP contribution in [0.25, 0.3) is 10.8 Å². The summed E-state index contributed by atoms with van der Waals surface area (Å²) in [6, 6.07) is 1.77. The largest absolute Gasteiger partial charge is 0.360 e. The van der Waals surface area contributed by atoms with Crippen LogP contribution in [0, 0.1) is 13.8 Å². The summed E-state index contributed by atoms with van der Waals surface area (Å²) >= 11 is 1.51. The van der Waals surface area contributed by atoms with Crippen molar-refractivity contribution in [1.82, 2.24) is 29.3 Å². The van der Waals surface area contributed by atoms with Gasteiger partial charge in [0.1, 0.15) is 10.6 Å². The molecule has 4 heterocycles. The third kappa shape index (κ3) is 3.70. The summed E-state index contributed by atoms with van der Waals surface area (Å²) in [4.78, 5) is 15.4. The quantitative estimate of drug-likeness (QED) is 0.614. The first-order valence-electron chi connectivity index (χ1n) is 8.82. The summed E-state index contributed by atoms with van der Waals surface area (Å²) in [5, 5.41) is 6.55. The molecule has 11 heteroatoms. The van der Waals surface area contributed by atoms with Gasteiger partial charge in [-0.25, -0.2) is 23.4 Å². The number of thiazole rings is 1. The molecule has 1 aliphatic rings. The number of rotatable bonds is 5. The lowest BCUT2D eigenvalue weighted by molar-refractivity contribution is 0.180. The Morgan fingerprint density at radius 1 is 1.14 bits per heavy atom. The van der Waals surface area contributed by atoms with Gasteiger partial charge in [0.15, 0.2) is 16.6 Å². The van der Waals surface area contributed by atoms with Crippen molar-refractivity contribution in [3.8, 4) is 10.8 Å². The van der Waals surface area contributed by atoms with Crippen molar-refractivity contribution in [2.75, 3.05) is 26.2 Å². The molecule has 28 heavy (non-hydrogen) atoms. The van der Waals surface area contributed by atoms with Gasteiger partial charge in [0, 0.05) is 50.5 Å². The molecule has 0 aromatic carbocycles. The van der Waals surface area contributed by atoms with Crippen molar-refractivity contribution in [3.05, 3.63) is 41.0 Å². The fourth-order valence-corrected chi connectivity index (χ4v) is 5.69. The molecule has 3 aromatic heterocycles. The lowest BCUT2D eigenvalue weighted by Gasteiger charge is -2.33. The highest BCUT2D eigenvalue weighted by Crippen LogP contribution is 2.25.